The van der Waals surface area contributed by atoms with Gasteiger partial charge in [-0.1, -0.05) is 24.6 Å². The minimum atomic E-state index is -4.21. The molecule has 2 aliphatic heterocycles. The van der Waals surface area contributed by atoms with E-state index in [4.69, 9.17) is 25.8 Å². The summed E-state index contributed by atoms with van der Waals surface area (Å²) in [5.74, 6) is -4.58. The monoisotopic (exact) mass is 730 g/mol. The van der Waals surface area contributed by atoms with E-state index in [9.17, 15) is 27.9 Å². The van der Waals surface area contributed by atoms with Crippen LogP contribution in [-0.4, -0.2) is 76.6 Å². The molecule has 0 radical (unpaired) electrons. The maximum absolute atomic E-state index is 13.6. The summed E-state index contributed by atoms with van der Waals surface area (Å²) in [6.45, 7) is 4.75. The van der Waals surface area contributed by atoms with E-state index in [-0.39, 0.29) is 35.7 Å². The van der Waals surface area contributed by atoms with E-state index >= 15 is 0 Å². The number of carbonyl (C=O) groups is 3. The van der Waals surface area contributed by atoms with Crippen molar-refractivity contribution in [2.45, 2.75) is 75.6 Å². The van der Waals surface area contributed by atoms with Crippen LogP contribution in [0.3, 0.4) is 0 Å². The fourth-order valence-electron chi connectivity index (χ4n) is 8.71. The number of amides is 1. The van der Waals surface area contributed by atoms with Crippen molar-refractivity contribution < 1.29 is 42.1 Å². The van der Waals surface area contributed by atoms with Gasteiger partial charge in [0.05, 0.1) is 37.9 Å². The van der Waals surface area contributed by atoms with Crippen LogP contribution in [0, 0.1) is 29.6 Å². The Hall–Kier alpha value is -3.35. The maximum atomic E-state index is 13.6. The van der Waals surface area contributed by atoms with Gasteiger partial charge in [0.2, 0.25) is 10.0 Å². The van der Waals surface area contributed by atoms with Crippen LogP contribution in [0.4, 0.5) is 5.69 Å². The standard InChI is InChI=1S/C37H47ClN2O9S/c1-21-14-26(33(35(43)47-3)36(44)48-4)17-31(41)28-10-7-25(28)18-40-19-37(13-5-6-23-15-27(38)9-11-29(23)37)20-49-32-12-8-24(16-30(32)40)34(42)39-50(45,46)22(21)2/h8-9,11-12,15-16,21-22,25-26,28,31,33,41H,5-7,10,13-14,17-20H2,1-4H3,(H,39,42)/t21-,22+,25-,26+,28+,31+,37-/m0/s1. The number of ether oxygens (including phenoxy) is 3. The predicted molar refractivity (Wildman–Crippen MR) is 188 cm³/mol. The largest absolute Gasteiger partial charge is 0.490 e. The Balaban J connectivity index is 1.42. The molecule has 1 saturated carbocycles. The fourth-order valence-corrected chi connectivity index (χ4v) is 10.2. The molecule has 1 amide bonds. The number of aryl methyl sites for hydroxylation is 1. The summed E-state index contributed by atoms with van der Waals surface area (Å²) in [7, 11) is -1.85. The van der Waals surface area contributed by atoms with Crippen LogP contribution in [0.5, 0.6) is 5.75 Å². The van der Waals surface area contributed by atoms with Gasteiger partial charge in [-0.05, 0) is 117 Å². The van der Waals surface area contributed by atoms with Crippen LogP contribution in [0.2, 0.25) is 5.02 Å². The maximum Gasteiger partial charge on any atom is 0.320 e. The highest BCUT2D eigenvalue weighted by atomic mass is 35.5. The molecule has 2 N–H and O–H groups in total. The number of anilines is 1. The van der Waals surface area contributed by atoms with Gasteiger partial charge in [-0.15, -0.1) is 0 Å². The lowest BCUT2D eigenvalue weighted by atomic mass is 9.66. The third-order valence-electron chi connectivity index (χ3n) is 11.9. The Labute approximate surface area is 299 Å². The van der Waals surface area contributed by atoms with Gasteiger partial charge in [-0.3, -0.25) is 14.4 Å². The molecule has 4 aliphatic rings. The molecule has 6 rings (SSSR count). The van der Waals surface area contributed by atoms with Crippen LogP contribution in [0.1, 0.15) is 73.9 Å². The number of sulfonamides is 1. The number of aliphatic hydroxyl groups is 1. The van der Waals surface area contributed by atoms with Crippen molar-refractivity contribution in [3.05, 3.63) is 58.1 Å². The van der Waals surface area contributed by atoms with Crippen LogP contribution in [0.15, 0.2) is 36.4 Å². The third kappa shape index (κ3) is 6.95. The lowest BCUT2D eigenvalue weighted by molar-refractivity contribution is -0.162. The van der Waals surface area contributed by atoms with Gasteiger partial charge in [0, 0.05) is 29.1 Å². The summed E-state index contributed by atoms with van der Waals surface area (Å²) in [6.07, 6.45) is 3.66. The molecule has 50 heavy (non-hydrogen) atoms. The number of fused-ring (bicyclic) bond motifs is 4. The smallest absolute Gasteiger partial charge is 0.320 e. The first-order valence-electron chi connectivity index (χ1n) is 17.5. The number of nitrogens with one attached hydrogen (secondary N) is 1. The first kappa shape index (κ1) is 36.4. The van der Waals surface area contributed by atoms with Gasteiger partial charge in [0.1, 0.15) is 5.75 Å². The highest BCUT2D eigenvalue weighted by Gasteiger charge is 2.47. The molecule has 0 saturated heterocycles. The van der Waals surface area contributed by atoms with Crippen molar-refractivity contribution in [2.24, 2.45) is 29.6 Å². The Morgan fingerprint density at radius 3 is 2.50 bits per heavy atom. The Kier molecular flexibility index (Phi) is 10.5. The molecule has 2 aromatic rings. The lowest BCUT2D eigenvalue weighted by Gasteiger charge is -2.46. The normalized spacial score (nSPS) is 30.9. The zero-order chi connectivity index (χ0) is 36.0. The van der Waals surface area contributed by atoms with Gasteiger partial charge >= 0.3 is 11.9 Å². The minimum Gasteiger partial charge on any atom is -0.490 e. The molecule has 272 valence electrons. The molecule has 2 heterocycles. The fraction of sp³-hybridized carbons (Fsp3) is 0.595. The van der Waals surface area contributed by atoms with Crippen molar-refractivity contribution in [2.75, 3.05) is 38.8 Å². The number of hydrogen-bond donors (Lipinski definition) is 2. The van der Waals surface area contributed by atoms with Gasteiger partial charge in [0.15, 0.2) is 5.92 Å². The number of methoxy groups -OCH3 is 2. The molecule has 2 aliphatic carbocycles. The van der Waals surface area contributed by atoms with E-state index in [0.29, 0.717) is 36.2 Å². The second-order valence-corrected chi connectivity index (χ2v) is 17.2. The minimum absolute atomic E-state index is 0.0683. The molecule has 0 unspecified atom stereocenters. The second-order valence-electron chi connectivity index (χ2n) is 14.8. The molecule has 1 fully saturated rings. The van der Waals surface area contributed by atoms with Crippen LogP contribution in [0.25, 0.3) is 0 Å². The summed E-state index contributed by atoms with van der Waals surface area (Å²) in [5, 5.41) is 11.4. The van der Waals surface area contributed by atoms with Gasteiger partial charge in [-0.2, -0.15) is 0 Å². The van der Waals surface area contributed by atoms with E-state index in [2.05, 4.69) is 15.7 Å². The summed E-state index contributed by atoms with van der Waals surface area (Å²) in [6, 6.07) is 11.1. The number of hydrogen-bond acceptors (Lipinski definition) is 10. The van der Waals surface area contributed by atoms with Crippen molar-refractivity contribution in [3.63, 3.8) is 0 Å². The van der Waals surface area contributed by atoms with Gasteiger partial charge < -0.3 is 24.2 Å². The van der Waals surface area contributed by atoms with E-state index in [0.717, 1.165) is 32.1 Å². The molecule has 13 heteroatoms. The zero-order valence-electron chi connectivity index (χ0n) is 29.0. The van der Waals surface area contributed by atoms with E-state index < -0.39 is 57.0 Å². The number of nitrogens with zero attached hydrogens (tertiary/aromatic N) is 1. The molecular weight excluding hydrogens is 684 g/mol. The molecule has 11 nitrogen and oxygen atoms in total. The van der Waals surface area contributed by atoms with Crippen molar-refractivity contribution >= 4 is 45.2 Å². The number of benzene rings is 2. The summed E-state index contributed by atoms with van der Waals surface area (Å²) in [4.78, 5) is 41.8. The first-order valence-corrected chi connectivity index (χ1v) is 19.4. The number of carbonyl (C=O) groups excluding carboxylic acids is 3. The number of rotatable bonds is 3. The Morgan fingerprint density at radius 1 is 1.08 bits per heavy atom. The van der Waals surface area contributed by atoms with E-state index in [1.54, 1.807) is 25.1 Å². The third-order valence-corrected chi connectivity index (χ3v) is 14.0. The molecule has 2 aromatic carbocycles. The molecule has 0 aromatic heterocycles. The second kappa shape index (κ2) is 14.3. The average molecular weight is 731 g/mol. The highest BCUT2D eigenvalue weighted by Crippen LogP contribution is 2.47. The number of aliphatic hydroxyl groups excluding tert-OH is 1. The summed E-state index contributed by atoms with van der Waals surface area (Å²) < 4.78 is 46.0. The van der Waals surface area contributed by atoms with Crippen molar-refractivity contribution in [1.82, 2.24) is 4.72 Å². The van der Waals surface area contributed by atoms with Crippen LogP contribution < -0.4 is 14.4 Å². The van der Waals surface area contributed by atoms with Crippen LogP contribution >= 0.6 is 11.6 Å². The van der Waals surface area contributed by atoms with Crippen LogP contribution in [-0.2, 0) is 40.9 Å². The molecule has 1 spiro atoms. The molecular formula is C37H47ClN2O9S. The Morgan fingerprint density at radius 2 is 1.82 bits per heavy atom. The average Bonchev–Trinajstić information content (AvgIpc) is 3.22. The predicted octanol–water partition coefficient (Wildman–Crippen LogP) is 4.66. The van der Waals surface area contributed by atoms with Crippen molar-refractivity contribution in [1.29, 1.82) is 0 Å². The topological polar surface area (TPSA) is 149 Å². The van der Waals surface area contributed by atoms with Gasteiger partial charge in [0.25, 0.3) is 5.91 Å². The molecule has 7 atom stereocenters. The van der Waals surface area contributed by atoms with E-state index in [1.165, 1.54) is 32.3 Å². The number of halogens is 1. The first-order chi connectivity index (χ1) is 23.8. The number of esters is 2. The zero-order valence-corrected chi connectivity index (χ0v) is 30.6. The lowest BCUT2D eigenvalue weighted by Crippen LogP contribution is -2.50. The Bertz CT molecular complexity index is 1740. The highest BCUT2D eigenvalue weighted by molar-refractivity contribution is 7.90. The summed E-state index contributed by atoms with van der Waals surface area (Å²) in [5.41, 5.74) is 2.88. The summed E-state index contributed by atoms with van der Waals surface area (Å²) >= 11 is 6.41. The molecule has 2 bridgehead atoms. The SMILES string of the molecule is COC(=O)C(C(=O)OC)[C@H]1C[C@@H](O)[C@@H]2CC[C@H]2CN2C[C@@]3(CCCc4cc(Cl)ccc43)COc3ccc(cc32)C(=O)NS(=O)(=O)[C@H](C)[C@@H](C)C1. The quantitative estimate of drug-likeness (QED) is 0.338. The van der Waals surface area contributed by atoms with Crippen molar-refractivity contribution in [3.8, 4) is 5.75 Å². The van der Waals surface area contributed by atoms with Gasteiger partial charge in [-0.25, -0.2) is 13.1 Å². The van der Waals surface area contributed by atoms with E-state index in [1.807, 2.05) is 12.1 Å².